The number of aryl methyl sites for hydroxylation is 1. The summed E-state index contributed by atoms with van der Waals surface area (Å²) in [6.07, 6.45) is 3.75. The molecule has 0 atom stereocenters. The molecule has 0 radical (unpaired) electrons. The molecule has 0 aliphatic heterocycles. The van der Waals surface area contributed by atoms with Crippen LogP contribution in [0, 0.1) is 0 Å². The highest BCUT2D eigenvalue weighted by molar-refractivity contribution is 8.07. The SMILES string of the molecule is C=C(C(=O)N(/C(S)=N\C)c1ccccc1)C1=C(SC)c2ccccc2CC1. The fourth-order valence-electron chi connectivity index (χ4n) is 3.28. The summed E-state index contributed by atoms with van der Waals surface area (Å²) >= 11 is 6.08. The molecule has 2 aromatic rings. The van der Waals surface area contributed by atoms with Gasteiger partial charge in [0.2, 0.25) is 0 Å². The van der Waals surface area contributed by atoms with E-state index in [1.165, 1.54) is 16.0 Å². The number of para-hydroxylation sites is 1. The Bertz CT molecular complexity index is 932. The van der Waals surface area contributed by atoms with Gasteiger partial charge in [0.15, 0.2) is 5.17 Å². The van der Waals surface area contributed by atoms with Gasteiger partial charge in [0.25, 0.3) is 5.91 Å². The Morgan fingerprint density at radius 3 is 2.44 bits per heavy atom. The number of anilines is 1. The fraction of sp³-hybridized carbons (Fsp3) is 0.182. The lowest BCUT2D eigenvalue weighted by atomic mass is 9.88. The van der Waals surface area contributed by atoms with Crippen molar-refractivity contribution in [1.29, 1.82) is 0 Å². The van der Waals surface area contributed by atoms with Crippen LogP contribution in [-0.4, -0.2) is 24.4 Å². The number of fused-ring (bicyclic) bond motifs is 1. The van der Waals surface area contributed by atoms with Gasteiger partial charge in [-0.15, -0.1) is 24.4 Å². The zero-order valence-corrected chi connectivity index (χ0v) is 17.2. The zero-order chi connectivity index (χ0) is 19.4. The van der Waals surface area contributed by atoms with Crippen molar-refractivity contribution < 1.29 is 4.79 Å². The third-order valence-electron chi connectivity index (χ3n) is 4.62. The number of carbonyl (C=O) groups excluding carboxylic acids is 1. The van der Waals surface area contributed by atoms with Crippen molar-refractivity contribution in [2.45, 2.75) is 12.8 Å². The normalized spacial score (nSPS) is 14.0. The van der Waals surface area contributed by atoms with E-state index in [1.54, 1.807) is 18.8 Å². The largest absolute Gasteiger partial charge is 0.268 e. The Balaban J connectivity index is 2.03. The van der Waals surface area contributed by atoms with E-state index >= 15 is 0 Å². The van der Waals surface area contributed by atoms with E-state index < -0.39 is 0 Å². The smallest absolute Gasteiger partial charge is 0.264 e. The second kappa shape index (κ2) is 8.63. The van der Waals surface area contributed by atoms with Crippen LogP contribution in [0.4, 0.5) is 5.69 Å². The van der Waals surface area contributed by atoms with Crippen LogP contribution in [0.2, 0.25) is 0 Å². The van der Waals surface area contributed by atoms with Crippen molar-refractivity contribution in [2.75, 3.05) is 18.2 Å². The number of hydrogen-bond donors (Lipinski definition) is 1. The van der Waals surface area contributed by atoms with Crippen molar-refractivity contribution >= 4 is 46.1 Å². The van der Waals surface area contributed by atoms with Gasteiger partial charge in [-0.1, -0.05) is 49.0 Å². The van der Waals surface area contributed by atoms with Gasteiger partial charge >= 0.3 is 0 Å². The summed E-state index contributed by atoms with van der Waals surface area (Å²) in [7, 11) is 1.62. The van der Waals surface area contributed by atoms with Crippen molar-refractivity contribution in [3.63, 3.8) is 0 Å². The van der Waals surface area contributed by atoms with E-state index in [4.69, 9.17) is 0 Å². The Hall–Kier alpha value is -2.24. The maximum atomic E-state index is 13.4. The molecule has 1 aliphatic carbocycles. The van der Waals surface area contributed by atoms with Gasteiger partial charge < -0.3 is 0 Å². The summed E-state index contributed by atoms with van der Waals surface area (Å²) in [5.74, 6) is -0.197. The number of amides is 1. The molecule has 1 amide bonds. The molecule has 1 aliphatic rings. The second-order valence-electron chi connectivity index (χ2n) is 6.15. The van der Waals surface area contributed by atoms with Crippen LogP contribution in [-0.2, 0) is 11.2 Å². The third kappa shape index (κ3) is 3.89. The Morgan fingerprint density at radius 1 is 1.11 bits per heavy atom. The lowest BCUT2D eigenvalue weighted by Crippen LogP contribution is -2.35. The van der Waals surface area contributed by atoms with Crippen LogP contribution in [0.3, 0.4) is 0 Å². The minimum atomic E-state index is -0.197. The highest BCUT2D eigenvalue weighted by Gasteiger charge is 2.28. The lowest BCUT2D eigenvalue weighted by Gasteiger charge is -2.27. The predicted molar refractivity (Wildman–Crippen MR) is 121 cm³/mol. The van der Waals surface area contributed by atoms with E-state index in [0.29, 0.717) is 10.7 Å². The van der Waals surface area contributed by atoms with Gasteiger partial charge in [0.1, 0.15) is 0 Å². The molecule has 0 unspecified atom stereocenters. The maximum absolute atomic E-state index is 13.4. The van der Waals surface area contributed by atoms with Gasteiger partial charge in [-0.2, -0.15) is 0 Å². The first-order valence-corrected chi connectivity index (χ1v) is 10.4. The van der Waals surface area contributed by atoms with E-state index in [0.717, 1.165) is 29.0 Å². The number of amidine groups is 1. The zero-order valence-electron chi connectivity index (χ0n) is 15.5. The fourth-order valence-corrected chi connectivity index (χ4v) is 4.38. The summed E-state index contributed by atoms with van der Waals surface area (Å²) in [6.45, 7) is 4.16. The van der Waals surface area contributed by atoms with E-state index in [-0.39, 0.29) is 5.91 Å². The van der Waals surface area contributed by atoms with Crippen molar-refractivity contribution in [2.24, 2.45) is 4.99 Å². The molecule has 0 bridgehead atoms. The average molecular weight is 395 g/mol. The monoisotopic (exact) mass is 394 g/mol. The summed E-state index contributed by atoms with van der Waals surface area (Å²) in [6, 6.07) is 17.8. The molecule has 5 heteroatoms. The predicted octanol–water partition coefficient (Wildman–Crippen LogP) is 5.21. The molecule has 3 rings (SSSR count). The quantitative estimate of drug-likeness (QED) is 0.334. The van der Waals surface area contributed by atoms with Crippen molar-refractivity contribution in [1.82, 2.24) is 0 Å². The highest BCUT2D eigenvalue weighted by Crippen LogP contribution is 2.40. The topological polar surface area (TPSA) is 32.7 Å². The van der Waals surface area contributed by atoms with Crippen molar-refractivity contribution in [3.8, 4) is 0 Å². The second-order valence-corrected chi connectivity index (χ2v) is 7.36. The molecule has 0 saturated heterocycles. The van der Waals surface area contributed by atoms with Crippen LogP contribution in [0.1, 0.15) is 17.5 Å². The first-order chi connectivity index (χ1) is 13.1. The molecule has 0 spiro atoms. The Kier molecular flexibility index (Phi) is 6.24. The van der Waals surface area contributed by atoms with Gasteiger partial charge in [-0.25, -0.2) is 0 Å². The summed E-state index contributed by atoms with van der Waals surface area (Å²) in [4.78, 5) is 20.1. The first-order valence-electron chi connectivity index (χ1n) is 8.68. The molecular formula is C22H22N2OS2. The van der Waals surface area contributed by atoms with Gasteiger partial charge in [0.05, 0.1) is 5.69 Å². The number of carbonyl (C=O) groups is 1. The molecule has 27 heavy (non-hydrogen) atoms. The number of hydrogen-bond acceptors (Lipinski definition) is 3. The minimum Gasteiger partial charge on any atom is -0.268 e. The lowest BCUT2D eigenvalue weighted by molar-refractivity contribution is -0.114. The molecule has 0 fully saturated rings. The van der Waals surface area contributed by atoms with Crippen LogP contribution >= 0.6 is 24.4 Å². The van der Waals surface area contributed by atoms with Crippen LogP contribution in [0.15, 0.2) is 77.3 Å². The van der Waals surface area contributed by atoms with Crippen molar-refractivity contribution in [3.05, 3.63) is 83.4 Å². The first kappa shape index (κ1) is 19.5. The number of aliphatic imine (C=N–C) groups is 1. The molecule has 0 saturated carbocycles. The number of thioether (sulfide) groups is 1. The standard InChI is InChI=1S/C22H22N2OS2/c1-15(18-14-13-16-9-7-8-12-19(16)20(18)27-3)21(25)24(22(26)23-2)17-10-5-4-6-11-17/h4-12H,1,13-14H2,2-3H3,(H,23,26). The molecular weight excluding hydrogens is 372 g/mol. The molecule has 138 valence electrons. The van der Waals surface area contributed by atoms with Crippen LogP contribution < -0.4 is 4.90 Å². The van der Waals surface area contributed by atoms with E-state index in [1.807, 2.05) is 42.7 Å². The minimum absolute atomic E-state index is 0.197. The maximum Gasteiger partial charge on any atom is 0.264 e. The molecule has 0 aromatic heterocycles. The molecule has 3 nitrogen and oxygen atoms in total. The molecule has 2 aromatic carbocycles. The van der Waals surface area contributed by atoms with E-state index in [2.05, 4.69) is 42.4 Å². The summed E-state index contributed by atoms with van der Waals surface area (Å²) in [5, 5.41) is 0.342. The third-order valence-corrected chi connectivity index (χ3v) is 5.90. The number of thiol groups is 1. The van der Waals surface area contributed by atoms with Crippen LogP contribution in [0.5, 0.6) is 0 Å². The van der Waals surface area contributed by atoms with Crippen LogP contribution in [0.25, 0.3) is 4.91 Å². The number of nitrogens with zero attached hydrogens (tertiary/aromatic N) is 2. The molecule has 0 heterocycles. The summed E-state index contributed by atoms with van der Waals surface area (Å²) in [5.41, 5.74) is 4.73. The average Bonchev–Trinajstić information content (AvgIpc) is 2.72. The molecule has 0 N–H and O–H groups in total. The summed E-state index contributed by atoms with van der Waals surface area (Å²) < 4.78 is 0. The Labute approximate surface area is 170 Å². The number of rotatable bonds is 4. The number of benzene rings is 2. The van der Waals surface area contributed by atoms with E-state index in [9.17, 15) is 4.79 Å². The highest BCUT2D eigenvalue weighted by atomic mass is 32.2. The van der Waals surface area contributed by atoms with Gasteiger partial charge in [0, 0.05) is 17.5 Å². The van der Waals surface area contributed by atoms with Gasteiger partial charge in [-0.3, -0.25) is 14.7 Å². The Morgan fingerprint density at radius 2 is 1.78 bits per heavy atom. The van der Waals surface area contributed by atoms with Gasteiger partial charge in [-0.05, 0) is 47.9 Å².